The first-order valence-electron chi connectivity index (χ1n) is 5.92. The predicted molar refractivity (Wildman–Crippen MR) is 74.0 cm³/mol. The molecule has 1 aromatic rings. The van der Waals surface area contributed by atoms with E-state index in [0.717, 1.165) is 0 Å². The number of carbonyl (C=O) groups excluding carboxylic acids is 1. The molecule has 1 aromatic carbocycles. The summed E-state index contributed by atoms with van der Waals surface area (Å²) in [5.41, 5.74) is 0.178. The largest absolute Gasteiger partial charge is 0.494 e. The molecule has 2 rings (SSSR count). The third-order valence-corrected chi connectivity index (χ3v) is 3.20. The van der Waals surface area contributed by atoms with Crippen LogP contribution in [0.2, 0.25) is 0 Å². The molecule has 0 saturated carbocycles. The Labute approximate surface area is 115 Å². The van der Waals surface area contributed by atoms with Crippen LogP contribution in [0.25, 0.3) is 0 Å². The molecule has 1 aliphatic heterocycles. The lowest BCUT2D eigenvalue weighted by Gasteiger charge is -2.16. The number of nitrogens with zero attached hydrogens (tertiary/aromatic N) is 2. The van der Waals surface area contributed by atoms with Gasteiger partial charge in [-0.15, -0.1) is 0 Å². The standard InChI is InChI=1S/C12H14N2O4S/c1-2-18-8-3-4-10(11(5-8)14(16)17)13-7-9(19)6-12(13)15/h3-5,9,19H,2,6-7H2,1H3. The van der Waals surface area contributed by atoms with Crippen LogP contribution in [0.1, 0.15) is 13.3 Å². The van der Waals surface area contributed by atoms with Crippen molar-refractivity contribution in [3.63, 3.8) is 0 Å². The van der Waals surface area contributed by atoms with Crippen LogP contribution in [0.4, 0.5) is 11.4 Å². The van der Waals surface area contributed by atoms with Gasteiger partial charge in [-0.3, -0.25) is 14.9 Å². The first-order chi connectivity index (χ1) is 9.02. The summed E-state index contributed by atoms with van der Waals surface area (Å²) in [7, 11) is 0. The second-order valence-corrected chi connectivity index (χ2v) is 4.93. The maximum atomic E-state index is 11.8. The summed E-state index contributed by atoms with van der Waals surface area (Å²) >= 11 is 4.24. The van der Waals surface area contributed by atoms with Gasteiger partial charge in [-0.1, -0.05) is 0 Å². The minimum atomic E-state index is -0.503. The molecule has 1 saturated heterocycles. The Balaban J connectivity index is 2.39. The number of hydrogen-bond acceptors (Lipinski definition) is 5. The van der Waals surface area contributed by atoms with Crippen LogP contribution in [-0.4, -0.2) is 29.2 Å². The molecule has 1 atom stereocenters. The highest BCUT2D eigenvalue weighted by atomic mass is 32.1. The number of rotatable bonds is 4. The zero-order chi connectivity index (χ0) is 14.0. The van der Waals surface area contributed by atoms with Crippen molar-refractivity contribution in [1.29, 1.82) is 0 Å². The summed E-state index contributed by atoms with van der Waals surface area (Å²) in [6, 6.07) is 4.52. The average Bonchev–Trinajstić information content (AvgIpc) is 2.68. The van der Waals surface area contributed by atoms with Gasteiger partial charge in [-0.05, 0) is 19.1 Å². The van der Waals surface area contributed by atoms with E-state index in [1.807, 2.05) is 0 Å². The molecule has 0 N–H and O–H groups in total. The van der Waals surface area contributed by atoms with Crippen LogP contribution >= 0.6 is 12.6 Å². The van der Waals surface area contributed by atoms with Crippen molar-refractivity contribution in [3.05, 3.63) is 28.3 Å². The molecule has 1 amide bonds. The highest BCUT2D eigenvalue weighted by Crippen LogP contribution is 2.35. The SMILES string of the molecule is CCOc1ccc(N2CC(S)CC2=O)c([N+](=O)[O-])c1. The molecule has 1 heterocycles. The average molecular weight is 282 g/mol. The second kappa shape index (κ2) is 5.48. The van der Waals surface area contributed by atoms with Crippen LogP contribution in [0.15, 0.2) is 18.2 Å². The number of anilines is 1. The Kier molecular flexibility index (Phi) is 3.94. The number of benzene rings is 1. The predicted octanol–water partition coefficient (Wildman–Crippen LogP) is 2.03. The van der Waals surface area contributed by atoms with Gasteiger partial charge in [0.1, 0.15) is 11.4 Å². The van der Waals surface area contributed by atoms with Crippen molar-refractivity contribution in [2.24, 2.45) is 0 Å². The first-order valence-corrected chi connectivity index (χ1v) is 6.44. The van der Waals surface area contributed by atoms with Gasteiger partial charge in [0.25, 0.3) is 5.69 Å². The molecule has 6 nitrogen and oxygen atoms in total. The molecule has 102 valence electrons. The lowest BCUT2D eigenvalue weighted by molar-refractivity contribution is -0.384. The summed E-state index contributed by atoms with van der Waals surface area (Å²) in [6.07, 6.45) is 0.299. The van der Waals surface area contributed by atoms with Crippen molar-refractivity contribution in [1.82, 2.24) is 0 Å². The zero-order valence-electron chi connectivity index (χ0n) is 10.4. The highest BCUT2D eigenvalue weighted by Gasteiger charge is 2.32. The molecule has 0 aromatic heterocycles. The van der Waals surface area contributed by atoms with Crippen LogP contribution in [0, 0.1) is 10.1 Å². The minimum Gasteiger partial charge on any atom is -0.494 e. The molecule has 19 heavy (non-hydrogen) atoms. The summed E-state index contributed by atoms with van der Waals surface area (Å²) in [5, 5.41) is 11.0. The number of nitro benzene ring substituents is 1. The second-order valence-electron chi connectivity index (χ2n) is 4.20. The smallest absolute Gasteiger partial charge is 0.296 e. The molecule has 7 heteroatoms. The van der Waals surface area contributed by atoms with Crippen molar-refractivity contribution >= 4 is 29.9 Å². The maximum absolute atomic E-state index is 11.8. The zero-order valence-corrected chi connectivity index (χ0v) is 11.3. The number of thiol groups is 1. The van der Waals surface area contributed by atoms with Crippen molar-refractivity contribution < 1.29 is 14.5 Å². The normalized spacial score (nSPS) is 18.7. The third-order valence-electron chi connectivity index (χ3n) is 2.85. The van der Waals surface area contributed by atoms with Gasteiger partial charge in [0, 0.05) is 18.2 Å². The monoisotopic (exact) mass is 282 g/mol. The number of carbonyl (C=O) groups is 1. The van der Waals surface area contributed by atoms with E-state index >= 15 is 0 Å². The summed E-state index contributed by atoms with van der Waals surface area (Å²) in [5.74, 6) is 0.277. The number of amides is 1. The van der Waals surface area contributed by atoms with Gasteiger partial charge >= 0.3 is 0 Å². The van der Waals surface area contributed by atoms with Crippen LogP contribution in [0.5, 0.6) is 5.75 Å². The van der Waals surface area contributed by atoms with E-state index in [1.165, 1.54) is 11.0 Å². The minimum absolute atomic E-state index is 0.0846. The Bertz CT molecular complexity index is 520. The van der Waals surface area contributed by atoms with E-state index in [0.29, 0.717) is 31.0 Å². The molecular weight excluding hydrogens is 268 g/mol. The molecule has 0 aliphatic carbocycles. The van der Waals surface area contributed by atoms with Gasteiger partial charge in [0.15, 0.2) is 0 Å². The topological polar surface area (TPSA) is 72.7 Å². The van der Waals surface area contributed by atoms with Gasteiger partial charge in [0.05, 0.1) is 17.6 Å². The molecule has 0 spiro atoms. The van der Waals surface area contributed by atoms with Crippen LogP contribution < -0.4 is 9.64 Å². The highest BCUT2D eigenvalue weighted by molar-refractivity contribution is 7.81. The molecular formula is C12H14N2O4S. The number of hydrogen-bond donors (Lipinski definition) is 1. The number of ether oxygens (including phenoxy) is 1. The summed E-state index contributed by atoms with van der Waals surface area (Å²) in [4.78, 5) is 23.8. The molecule has 0 radical (unpaired) electrons. The molecule has 1 fully saturated rings. The lowest BCUT2D eigenvalue weighted by atomic mass is 10.2. The Morgan fingerprint density at radius 2 is 2.32 bits per heavy atom. The fraction of sp³-hybridized carbons (Fsp3) is 0.417. The van der Waals surface area contributed by atoms with Crippen LogP contribution in [0.3, 0.4) is 0 Å². The van der Waals surface area contributed by atoms with Crippen LogP contribution in [-0.2, 0) is 4.79 Å². The summed E-state index contributed by atoms with van der Waals surface area (Å²) in [6.45, 7) is 2.61. The van der Waals surface area contributed by atoms with E-state index in [9.17, 15) is 14.9 Å². The van der Waals surface area contributed by atoms with E-state index < -0.39 is 4.92 Å². The molecule has 1 unspecified atom stereocenters. The Hall–Kier alpha value is -1.76. The number of nitro groups is 1. The fourth-order valence-electron chi connectivity index (χ4n) is 2.06. The van der Waals surface area contributed by atoms with E-state index in [2.05, 4.69) is 12.6 Å². The fourth-order valence-corrected chi connectivity index (χ4v) is 2.38. The first kappa shape index (κ1) is 13.7. The summed E-state index contributed by atoms with van der Waals surface area (Å²) < 4.78 is 5.24. The molecule has 1 aliphatic rings. The Morgan fingerprint density at radius 3 is 2.84 bits per heavy atom. The van der Waals surface area contributed by atoms with Crippen molar-refractivity contribution in [2.75, 3.05) is 18.1 Å². The Morgan fingerprint density at radius 1 is 1.58 bits per heavy atom. The van der Waals surface area contributed by atoms with Gasteiger partial charge < -0.3 is 9.64 Å². The van der Waals surface area contributed by atoms with Gasteiger partial charge in [0.2, 0.25) is 5.91 Å². The van der Waals surface area contributed by atoms with Gasteiger partial charge in [-0.2, -0.15) is 12.6 Å². The van der Waals surface area contributed by atoms with Crippen molar-refractivity contribution in [2.45, 2.75) is 18.6 Å². The third kappa shape index (κ3) is 2.81. The van der Waals surface area contributed by atoms with Crippen molar-refractivity contribution in [3.8, 4) is 5.75 Å². The van der Waals surface area contributed by atoms with E-state index in [1.54, 1.807) is 19.1 Å². The quantitative estimate of drug-likeness (QED) is 0.521. The van der Waals surface area contributed by atoms with E-state index in [-0.39, 0.29) is 16.8 Å². The lowest BCUT2D eigenvalue weighted by Crippen LogP contribution is -2.25. The van der Waals surface area contributed by atoms with E-state index in [4.69, 9.17) is 4.74 Å². The molecule has 0 bridgehead atoms. The maximum Gasteiger partial charge on any atom is 0.296 e. The van der Waals surface area contributed by atoms with Gasteiger partial charge in [-0.25, -0.2) is 0 Å².